The normalized spacial score (nSPS) is 12.2. The summed E-state index contributed by atoms with van der Waals surface area (Å²) >= 11 is 13.0. The molecular formula is C16H10Cl2F2N2O3S. The Bertz CT molecular complexity index is 1010. The number of anilines is 1. The quantitative estimate of drug-likeness (QED) is 0.501. The van der Waals surface area contributed by atoms with E-state index in [-0.39, 0.29) is 32.0 Å². The van der Waals surface area contributed by atoms with Gasteiger partial charge in [0.1, 0.15) is 11.9 Å². The fourth-order valence-corrected chi connectivity index (χ4v) is 3.87. The predicted molar refractivity (Wildman–Crippen MR) is 96.7 cm³/mol. The number of amides is 1. The molecule has 1 heterocycles. The lowest BCUT2D eigenvalue weighted by Gasteiger charge is -2.18. The Morgan fingerprint density at radius 3 is 2.73 bits per heavy atom. The van der Waals surface area contributed by atoms with Crippen LogP contribution >= 0.6 is 34.5 Å². The Morgan fingerprint density at radius 2 is 2.04 bits per heavy atom. The van der Waals surface area contributed by atoms with Crippen LogP contribution < -0.4 is 10.1 Å². The van der Waals surface area contributed by atoms with Crippen molar-refractivity contribution >= 4 is 56.0 Å². The zero-order valence-corrected chi connectivity index (χ0v) is 15.3. The summed E-state index contributed by atoms with van der Waals surface area (Å²) in [6.07, 6.45) is -2.10. The lowest BCUT2D eigenvalue weighted by Crippen LogP contribution is -2.07. The molecule has 5 nitrogen and oxygen atoms in total. The number of nitrogens with zero attached hydrogens (tertiary/aromatic N) is 1. The van der Waals surface area contributed by atoms with E-state index in [0.717, 1.165) is 23.5 Å². The number of carbonyl (C=O) groups is 1. The van der Waals surface area contributed by atoms with Crippen LogP contribution in [-0.2, 0) is 0 Å². The van der Waals surface area contributed by atoms with Crippen LogP contribution in [0.25, 0.3) is 10.2 Å². The van der Waals surface area contributed by atoms with Crippen LogP contribution in [-0.4, -0.2) is 16.2 Å². The Hall–Kier alpha value is -2.16. The van der Waals surface area contributed by atoms with E-state index in [4.69, 9.17) is 33.0 Å². The average Bonchev–Trinajstić information content (AvgIpc) is 2.91. The second-order valence-corrected chi connectivity index (χ2v) is 7.03. The molecule has 0 saturated carbocycles. The molecule has 10 heteroatoms. The van der Waals surface area contributed by atoms with E-state index in [0.29, 0.717) is 4.70 Å². The number of nitrogens with one attached hydrogen (secondary N) is 1. The molecule has 0 radical (unpaired) electrons. The van der Waals surface area contributed by atoms with Crippen LogP contribution in [0.2, 0.25) is 10.0 Å². The Morgan fingerprint density at radius 1 is 1.31 bits per heavy atom. The third-order valence-corrected chi connectivity index (χ3v) is 5.09. The third-order valence-electron chi connectivity index (χ3n) is 3.45. The first-order valence-corrected chi connectivity index (χ1v) is 8.73. The Labute approximate surface area is 160 Å². The number of halogens is 4. The number of rotatable bonds is 4. The van der Waals surface area contributed by atoms with Gasteiger partial charge in [0.05, 0.1) is 15.2 Å². The van der Waals surface area contributed by atoms with Gasteiger partial charge >= 0.3 is 6.09 Å². The first kappa shape index (κ1) is 18.6. The molecule has 1 amide bonds. The number of aromatic nitrogens is 1. The molecule has 1 unspecified atom stereocenters. The van der Waals surface area contributed by atoms with Crippen LogP contribution in [0.1, 0.15) is 18.6 Å². The number of fused-ring (bicyclic) bond motifs is 1. The molecule has 0 aliphatic heterocycles. The van der Waals surface area contributed by atoms with Gasteiger partial charge in [0.2, 0.25) is 0 Å². The van der Waals surface area contributed by atoms with E-state index in [1.807, 2.05) is 0 Å². The van der Waals surface area contributed by atoms with Crippen molar-refractivity contribution in [1.29, 1.82) is 0 Å². The molecule has 1 aromatic heterocycles. The van der Waals surface area contributed by atoms with E-state index in [1.54, 1.807) is 6.92 Å². The summed E-state index contributed by atoms with van der Waals surface area (Å²) < 4.78 is 34.1. The topological polar surface area (TPSA) is 71.5 Å². The second-order valence-electron chi connectivity index (χ2n) is 5.22. The van der Waals surface area contributed by atoms with Gasteiger partial charge in [-0.2, -0.15) is 0 Å². The molecule has 2 N–H and O–H groups in total. The lowest BCUT2D eigenvalue weighted by atomic mass is 10.1. The fourth-order valence-electron chi connectivity index (χ4n) is 2.33. The highest BCUT2D eigenvalue weighted by atomic mass is 35.5. The van der Waals surface area contributed by atoms with Crippen molar-refractivity contribution in [3.8, 4) is 5.75 Å². The lowest BCUT2D eigenvalue weighted by molar-refractivity contribution is 0.209. The molecule has 0 bridgehead atoms. The Kier molecular flexibility index (Phi) is 5.17. The zero-order chi connectivity index (χ0) is 19.0. The van der Waals surface area contributed by atoms with Crippen molar-refractivity contribution < 1.29 is 23.4 Å². The van der Waals surface area contributed by atoms with E-state index in [9.17, 15) is 13.6 Å². The summed E-state index contributed by atoms with van der Waals surface area (Å²) in [5.74, 6) is -1.49. The highest BCUT2D eigenvalue weighted by Crippen LogP contribution is 2.37. The number of benzene rings is 2. The van der Waals surface area contributed by atoms with Crippen molar-refractivity contribution in [3.63, 3.8) is 0 Å². The minimum atomic E-state index is -1.27. The maximum Gasteiger partial charge on any atom is 0.410 e. The molecule has 0 saturated heterocycles. The highest BCUT2D eigenvalue weighted by Gasteiger charge is 2.20. The van der Waals surface area contributed by atoms with Gasteiger partial charge in [-0.15, -0.1) is 0 Å². The molecule has 0 aliphatic carbocycles. The molecular weight excluding hydrogens is 409 g/mol. The van der Waals surface area contributed by atoms with Gasteiger partial charge < -0.3 is 9.84 Å². The molecule has 3 aromatic rings. The van der Waals surface area contributed by atoms with Crippen molar-refractivity contribution in [3.05, 3.63) is 51.5 Å². The van der Waals surface area contributed by atoms with E-state index in [1.165, 1.54) is 12.1 Å². The van der Waals surface area contributed by atoms with E-state index < -0.39 is 23.8 Å². The van der Waals surface area contributed by atoms with Crippen LogP contribution in [0, 0.1) is 11.6 Å². The molecule has 0 spiro atoms. The average molecular weight is 419 g/mol. The monoisotopic (exact) mass is 418 g/mol. The van der Waals surface area contributed by atoms with Gasteiger partial charge in [-0.3, -0.25) is 5.32 Å². The predicted octanol–water partition coefficient (Wildman–Crippen LogP) is 6.11. The van der Waals surface area contributed by atoms with E-state index in [2.05, 4.69) is 10.3 Å². The molecule has 1 atom stereocenters. The van der Waals surface area contributed by atoms with Gasteiger partial charge in [0.15, 0.2) is 16.7 Å². The number of carboxylic acid groups (broad SMARTS) is 1. The number of hydrogen-bond donors (Lipinski definition) is 2. The number of ether oxygens (including phenoxy) is 1. The minimum absolute atomic E-state index is 0.105. The smallest absolute Gasteiger partial charge is 0.410 e. The van der Waals surface area contributed by atoms with Crippen molar-refractivity contribution in [2.75, 3.05) is 5.32 Å². The largest absolute Gasteiger partial charge is 0.483 e. The number of thiazole rings is 1. The summed E-state index contributed by atoms with van der Waals surface area (Å²) in [5.41, 5.74) is 0.475. The SMILES string of the molecule is CC(Oc1cc2sc(NC(=O)O)nc2cc1F)c1c(Cl)ccc(F)c1Cl. The van der Waals surface area contributed by atoms with Gasteiger partial charge in [0, 0.05) is 22.7 Å². The molecule has 26 heavy (non-hydrogen) atoms. The van der Waals surface area contributed by atoms with Crippen molar-refractivity contribution in [2.24, 2.45) is 0 Å². The van der Waals surface area contributed by atoms with Gasteiger partial charge in [-0.1, -0.05) is 34.5 Å². The summed E-state index contributed by atoms with van der Waals surface area (Å²) in [7, 11) is 0. The third kappa shape index (κ3) is 3.67. The first-order valence-electron chi connectivity index (χ1n) is 7.16. The van der Waals surface area contributed by atoms with Gasteiger partial charge in [-0.05, 0) is 19.1 Å². The first-order chi connectivity index (χ1) is 12.3. The van der Waals surface area contributed by atoms with Crippen molar-refractivity contribution in [1.82, 2.24) is 4.98 Å². The molecule has 0 fully saturated rings. The Balaban J connectivity index is 1.94. The van der Waals surface area contributed by atoms with Crippen LogP contribution in [0.3, 0.4) is 0 Å². The van der Waals surface area contributed by atoms with Crippen LogP contribution in [0.15, 0.2) is 24.3 Å². The van der Waals surface area contributed by atoms with E-state index >= 15 is 0 Å². The van der Waals surface area contributed by atoms with Gasteiger partial charge in [0.25, 0.3) is 0 Å². The maximum absolute atomic E-state index is 14.3. The van der Waals surface area contributed by atoms with Crippen molar-refractivity contribution in [2.45, 2.75) is 13.0 Å². The fraction of sp³-hybridized carbons (Fsp3) is 0.125. The summed E-state index contributed by atoms with van der Waals surface area (Å²) in [6, 6.07) is 4.97. The molecule has 3 rings (SSSR count). The van der Waals surface area contributed by atoms with Gasteiger partial charge in [-0.25, -0.2) is 18.6 Å². The highest BCUT2D eigenvalue weighted by molar-refractivity contribution is 7.22. The number of hydrogen-bond acceptors (Lipinski definition) is 4. The second kappa shape index (κ2) is 7.22. The molecule has 0 aliphatic rings. The molecule has 2 aromatic carbocycles. The minimum Gasteiger partial charge on any atom is -0.483 e. The van der Waals surface area contributed by atoms with Crippen LogP contribution in [0.4, 0.5) is 18.7 Å². The molecule has 136 valence electrons. The zero-order valence-electron chi connectivity index (χ0n) is 13.0. The van der Waals surface area contributed by atoms with Crippen LogP contribution in [0.5, 0.6) is 5.75 Å². The standard InChI is InChI=1S/C16H10Cl2F2N2O3S/c1-6(13-7(17)2-3-8(19)14(13)18)25-11-5-12-10(4-9(11)20)21-15(26-12)22-16(23)24/h2-6H,1H3,(H,21,22)(H,23,24). The maximum atomic E-state index is 14.3. The summed E-state index contributed by atoms with van der Waals surface area (Å²) in [6.45, 7) is 1.56. The summed E-state index contributed by atoms with van der Waals surface area (Å²) in [4.78, 5) is 14.6. The summed E-state index contributed by atoms with van der Waals surface area (Å²) in [5, 5.41) is 10.9.